The second kappa shape index (κ2) is 6.04. The lowest BCUT2D eigenvalue weighted by molar-refractivity contribution is -0.125. The number of nitrogens with zero attached hydrogens (tertiary/aromatic N) is 3. The maximum Gasteiger partial charge on any atom is 0.246 e. The third-order valence-electron chi connectivity index (χ3n) is 3.88. The summed E-state index contributed by atoms with van der Waals surface area (Å²) in [6, 6.07) is 0. The predicted octanol–water partition coefficient (Wildman–Crippen LogP) is 2.45. The summed E-state index contributed by atoms with van der Waals surface area (Å²) in [5.41, 5.74) is 3.13. The van der Waals surface area contributed by atoms with E-state index in [4.69, 9.17) is 0 Å². The number of hydrogen-bond acceptors (Lipinski definition) is 2. The van der Waals surface area contributed by atoms with Gasteiger partial charge in [0.05, 0.1) is 5.69 Å². The Bertz CT molecular complexity index is 480. The molecule has 0 N–H and O–H groups in total. The van der Waals surface area contributed by atoms with Crippen molar-refractivity contribution in [3.8, 4) is 0 Å². The molecule has 19 heavy (non-hydrogen) atoms. The van der Waals surface area contributed by atoms with E-state index in [2.05, 4.69) is 5.10 Å². The number of aromatic nitrogens is 2. The average Bonchev–Trinajstić information content (AvgIpc) is 2.62. The lowest BCUT2D eigenvalue weighted by Crippen LogP contribution is -2.30. The molecule has 2 rings (SSSR count). The Morgan fingerprint density at radius 3 is 2.32 bits per heavy atom. The second-order valence-corrected chi connectivity index (χ2v) is 5.28. The van der Waals surface area contributed by atoms with Crippen molar-refractivity contribution in [3.63, 3.8) is 0 Å². The number of amides is 1. The fourth-order valence-electron chi connectivity index (χ4n) is 2.58. The molecule has 4 heteroatoms. The van der Waals surface area contributed by atoms with E-state index in [0.717, 1.165) is 42.9 Å². The van der Waals surface area contributed by atoms with Gasteiger partial charge in [0.25, 0.3) is 0 Å². The van der Waals surface area contributed by atoms with Gasteiger partial charge in [-0.2, -0.15) is 5.10 Å². The van der Waals surface area contributed by atoms with Gasteiger partial charge in [-0.05, 0) is 32.8 Å². The van der Waals surface area contributed by atoms with Gasteiger partial charge in [0.2, 0.25) is 5.91 Å². The van der Waals surface area contributed by atoms with Crippen molar-refractivity contribution in [2.24, 2.45) is 7.05 Å². The number of rotatable bonds is 2. The zero-order chi connectivity index (χ0) is 13.8. The van der Waals surface area contributed by atoms with E-state index in [-0.39, 0.29) is 5.91 Å². The minimum Gasteiger partial charge on any atom is -0.339 e. The molecule has 1 fully saturated rings. The smallest absolute Gasteiger partial charge is 0.246 e. The summed E-state index contributed by atoms with van der Waals surface area (Å²) in [6.07, 6.45) is 8.35. The first-order valence-corrected chi connectivity index (χ1v) is 7.07. The van der Waals surface area contributed by atoms with Crippen LogP contribution in [0.2, 0.25) is 0 Å². The highest BCUT2D eigenvalue weighted by molar-refractivity contribution is 5.92. The SMILES string of the molecule is Cc1nn(C)c(C)c1/C=C/C(=O)N1CCCCCC1. The van der Waals surface area contributed by atoms with Gasteiger partial charge in [-0.3, -0.25) is 9.48 Å². The first-order valence-electron chi connectivity index (χ1n) is 7.07. The number of hydrogen-bond donors (Lipinski definition) is 0. The van der Waals surface area contributed by atoms with Gasteiger partial charge in [0, 0.05) is 37.5 Å². The monoisotopic (exact) mass is 261 g/mol. The Kier molecular flexibility index (Phi) is 4.40. The van der Waals surface area contributed by atoms with Gasteiger partial charge in [-0.25, -0.2) is 0 Å². The Labute approximate surface area is 115 Å². The molecule has 1 saturated heterocycles. The quantitative estimate of drug-likeness (QED) is 0.767. The van der Waals surface area contributed by atoms with Crippen LogP contribution in [-0.2, 0) is 11.8 Å². The molecule has 0 saturated carbocycles. The Hall–Kier alpha value is -1.58. The molecule has 1 aliphatic heterocycles. The maximum atomic E-state index is 12.2. The van der Waals surface area contributed by atoms with Crippen molar-refractivity contribution < 1.29 is 4.79 Å². The second-order valence-electron chi connectivity index (χ2n) is 5.28. The molecule has 4 nitrogen and oxygen atoms in total. The summed E-state index contributed by atoms with van der Waals surface area (Å²) in [7, 11) is 1.93. The van der Waals surface area contributed by atoms with Gasteiger partial charge in [0.15, 0.2) is 0 Å². The standard InChI is InChI=1S/C15H23N3O/c1-12-14(13(2)17(3)16-12)8-9-15(19)18-10-6-4-5-7-11-18/h8-9H,4-7,10-11H2,1-3H3/b9-8+. The van der Waals surface area contributed by atoms with Crippen LogP contribution in [0.4, 0.5) is 0 Å². The summed E-state index contributed by atoms with van der Waals surface area (Å²) < 4.78 is 1.85. The average molecular weight is 261 g/mol. The van der Waals surface area contributed by atoms with Gasteiger partial charge in [-0.15, -0.1) is 0 Å². The molecule has 1 amide bonds. The summed E-state index contributed by atoms with van der Waals surface area (Å²) >= 11 is 0. The number of carbonyl (C=O) groups excluding carboxylic acids is 1. The number of aryl methyl sites for hydroxylation is 2. The van der Waals surface area contributed by atoms with E-state index < -0.39 is 0 Å². The summed E-state index contributed by atoms with van der Waals surface area (Å²) in [5, 5.41) is 4.36. The summed E-state index contributed by atoms with van der Waals surface area (Å²) in [4.78, 5) is 14.1. The molecule has 0 aliphatic carbocycles. The zero-order valence-corrected chi connectivity index (χ0v) is 12.1. The normalized spacial score (nSPS) is 16.9. The van der Waals surface area contributed by atoms with Crippen molar-refractivity contribution in [3.05, 3.63) is 23.0 Å². The predicted molar refractivity (Wildman–Crippen MR) is 76.8 cm³/mol. The van der Waals surface area contributed by atoms with Crippen molar-refractivity contribution in [2.75, 3.05) is 13.1 Å². The molecule has 0 aromatic carbocycles. The number of likely N-dealkylation sites (tertiary alicyclic amines) is 1. The van der Waals surface area contributed by atoms with Crippen molar-refractivity contribution in [2.45, 2.75) is 39.5 Å². The first-order chi connectivity index (χ1) is 9.09. The van der Waals surface area contributed by atoms with Gasteiger partial charge in [-0.1, -0.05) is 12.8 Å². The first kappa shape index (κ1) is 13.8. The molecule has 104 valence electrons. The van der Waals surface area contributed by atoms with Gasteiger partial charge >= 0.3 is 0 Å². The van der Waals surface area contributed by atoms with Gasteiger partial charge in [0.1, 0.15) is 0 Å². The molecule has 2 heterocycles. The molecule has 1 aromatic heterocycles. The Balaban J connectivity index is 2.06. The minimum atomic E-state index is 0.129. The van der Waals surface area contributed by atoms with Crippen LogP contribution >= 0.6 is 0 Å². The van der Waals surface area contributed by atoms with E-state index in [0.29, 0.717) is 0 Å². The zero-order valence-electron chi connectivity index (χ0n) is 12.1. The fraction of sp³-hybridized carbons (Fsp3) is 0.600. The largest absolute Gasteiger partial charge is 0.339 e. The number of carbonyl (C=O) groups is 1. The van der Waals surface area contributed by atoms with Crippen molar-refractivity contribution >= 4 is 12.0 Å². The molecule has 0 unspecified atom stereocenters. The van der Waals surface area contributed by atoms with Crippen LogP contribution in [0.5, 0.6) is 0 Å². The summed E-state index contributed by atoms with van der Waals surface area (Å²) in [6.45, 7) is 5.79. The molecule has 0 radical (unpaired) electrons. The van der Waals surface area contributed by atoms with Crippen LogP contribution in [0.3, 0.4) is 0 Å². The van der Waals surface area contributed by atoms with E-state index in [1.165, 1.54) is 12.8 Å². The molecule has 1 aliphatic rings. The lowest BCUT2D eigenvalue weighted by atomic mass is 10.2. The lowest BCUT2D eigenvalue weighted by Gasteiger charge is -2.17. The molecular weight excluding hydrogens is 238 g/mol. The third-order valence-corrected chi connectivity index (χ3v) is 3.88. The highest BCUT2D eigenvalue weighted by atomic mass is 16.2. The van der Waals surface area contributed by atoms with Crippen LogP contribution in [-0.4, -0.2) is 33.7 Å². The van der Waals surface area contributed by atoms with E-state index in [1.54, 1.807) is 6.08 Å². The van der Waals surface area contributed by atoms with E-state index in [9.17, 15) is 4.79 Å². The molecule has 1 aromatic rings. The van der Waals surface area contributed by atoms with E-state index in [1.807, 2.05) is 36.6 Å². The highest BCUT2D eigenvalue weighted by Gasteiger charge is 2.13. The Morgan fingerprint density at radius 1 is 1.16 bits per heavy atom. The van der Waals surface area contributed by atoms with E-state index >= 15 is 0 Å². The van der Waals surface area contributed by atoms with Gasteiger partial charge < -0.3 is 4.90 Å². The Morgan fingerprint density at radius 2 is 1.79 bits per heavy atom. The fourth-order valence-corrected chi connectivity index (χ4v) is 2.58. The van der Waals surface area contributed by atoms with Crippen molar-refractivity contribution in [1.82, 2.24) is 14.7 Å². The topological polar surface area (TPSA) is 38.1 Å². The van der Waals surface area contributed by atoms with Crippen LogP contribution < -0.4 is 0 Å². The van der Waals surface area contributed by atoms with Crippen LogP contribution in [0.15, 0.2) is 6.08 Å². The molecule has 0 spiro atoms. The molecule has 0 atom stereocenters. The van der Waals surface area contributed by atoms with Crippen LogP contribution in [0.1, 0.15) is 42.6 Å². The maximum absolute atomic E-state index is 12.2. The van der Waals surface area contributed by atoms with Crippen LogP contribution in [0, 0.1) is 13.8 Å². The third kappa shape index (κ3) is 3.25. The van der Waals surface area contributed by atoms with Crippen molar-refractivity contribution in [1.29, 1.82) is 0 Å². The molecule has 0 bridgehead atoms. The minimum absolute atomic E-state index is 0.129. The molecular formula is C15H23N3O. The highest BCUT2D eigenvalue weighted by Crippen LogP contribution is 2.15. The van der Waals surface area contributed by atoms with Crippen LogP contribution in [0.25, 0.3) is 6.08 Å². The summed E-state index contributed by atoms with van der Waals surface area (Å²) in [5.74, 6) is 0.129.